The molecule has 1 aliphatic rings. The van der Waals surface area contributed by atoms with Gasteiger partial charge in [-0.1, -0.05) is 6.92 Å². The van der Waals surface area contributed by atoms with Crippen LogP contribution in [0.3, 0.4) is 0 Å². The van der Waals surface area contributed by atoms with Crippen molar-refractivity contribution in [3.8, 4) is 6.07 Å². The van der Waals surface area contributed by atoms with Crippen LogP contribution in [0.1, 0.15) is 40.5 Å². The Bertz CT molecular complexity index is 370. The van der Waals surface area contributed by atoms with E-state index in [9.17, 15) is 10.1 Å². The molecule has 1 fully saturated rings. The summed E-state index contributed by atoms with van der Waals surface area (Å²) in [5, 5.41) is 12.9. The van der Waals surface area contributed by atoms with Gasteiger partial charge in [0.2, 0.25) is 0 Å². The molecule has 0 saturated carbocycles. The van der Waals surface area contributed by atoms with Crippen molar-refractivity contribution in [2.24, 2.45) is 0 Å². The number of carbonyl (C=O) groups excluding carboxylic acids is 1. The van der Waals surface area contributed by atoms with Crippen LogP contribution in [0.25, 0.3) is 0 Å². The van der Waals surface area contributed by atoms with Gasteiger partial charge in [-0.3, -0.25) is 15.0 Å². The third-order valence-corrected chi connectivity index (χ3v) is 3.27. The summed E-state index contributed by atoms with van der Waals surface area (Å²) < 4.78 is 4.86. The van der Waals surface area contributed by atoms with Crippen LogP contribution < -0.4 is 5.32 Å². The number of rotatable bonds is 4. The average Bonchev–Trinajstić information content (AvgIpc) is 2.66. The minimum absolute atomic E-state index is 0.168. The van der Waals surface area contributed by atoms with Gasteiger partial charge in [0.05, 0.1) is 13.2 Å². The molecule has 0 bridgehead atoms. The van der Waals surface area contributed by atoms with Crippen molar-refractivity contribution < 1.29 is 9.53 Å². The maximum Gasteiger partial charge on any atom is 0.323 e. The molecule has 0 aromatic rings. The minimum atomic E-state index is -0.674. The predicted molar refractivity (Wildman–Crippen MR) is 73.5 cm³/mol. The maximum absolute atomic E-state index is 11.9. The summed E-state index contributed by atoms with van der Waals surface area (Å²) in [6, 6.07) is 2.05. The van der Waals surface area contributed by atoms with Crippen LogP contribution in [-0.4, -0.2) is 48.2 Å². The molecule has 0 aliphatic carbocycles. The van der Waals surface area contributed by atoms with Crippen molar-refractivity contribution in [2.45, 2.75) is 57.7 Å². The number of carbonyl (C=O) groups is 1. The quantitative estimate of drug-likeness (QED) is 0.778. The molecule has 0 aromatic carbocycles. The molecule has 19 heavy (non-hydrogen) atoms. The van der Waals surface area contributed by atoms with Crippen LogP contribution in [0.15, 0.2) is 0 Å². The summed E-state index contributed by atoms with van der Waals surface area (Å²) in [6.45, 7) is 9.52. The smallest absolute Gasteiger partial charge is 0.323 e. The molecule has 5 nitrogen and oxygen atoms in total. The van der Waals surface area contributed by atoms with Crippen LogP contribution in [0, 0.1) is 11.3 Å². The van der Waals surface area contributed by atoms with Gasteiger partial charge in [-0.05, 0) is 33.7 Å². The highest BCUT2D eigenvalue weighted by Gasteiger charge is 2.48. The zero-order chi connectivity index (χ0) is 14.7. The second-order valence-electron chi connectivity index (χ2n) is 6.28. The molecule has 1 heterocycles. The average molecular weight is 267 g/mol. The number of methoxy groups -OCH3 is 1. The predicted octanol–water partition coefficient (Wildman–Crippen LogP) is 1.29. The van der Waals surface area contributed by atoms with Crippen LogP contribution in [-0.2, 0) is 9.53 Å². The van der Waals surface area contributed by atoms with E-state index in [0.29, 0.717) is 13.0 Å². The molecular formula is C14H25N3O2. The van der Waals surface area contributed by atoms with Crippen molar-refractivity contribution in [3.63, 3.8) is 0 Å². The summed E-state index contributed by atoms with van der Waals surface area (Å²) in [4.78, 5) is 13.9. The van der Waals surface area contributed by atoms with E-state index in [1.807, 2.05) is 25.7 Å². The summed E-state index contributed by atoms with van der Waals surface area (Å²) in [5.74, 6) is -0.249. The van der Waals surface area contributed by atoms with Crippen molar-refractivity contribution in [3.05, 3.63) is 0 Å². The van der Waals surface area contributed by atoms with Crippen LogP contribution in [0.5, 0.6) is 0 Å². The Kier molecular flexibility index (Phi) is 4.94. The van der Waals surface area contributed by atoms with E-state index >= 15 is 0 Å². The molecule has 0 radical (unpaired) electrons. The lowest BCUT2D eigenvalue weighted by molar-refractivity contribution is -0.145. The van der Waals surface area contributed by atoms with E-state index in [2.05, 4.69) is 18.3 Å². The van der Waals surface area contributed by atoms with Gasteiger partial charge in [0.1, 0.15) is 11.6 Å². The van der Waals surface area contributed by atoms with Gasteiger partial charge in [-0.15, -0.1) is 0 Å². The third kappa shape index (κ3) is 3.92. The Labute approximate surface area is 115 Å². The number of esters is 1. The number of ether oxygens (including phenoxy) is 1. The highest BCUT2D eigenvalue weighted by molar-refractivity contribution is 5.76. The number of hydrogen-bond acceptors (Lipinski definition) is 5. The molecule has 1 rings (SSSR count). The first kappa shape index (κ1) is 15.9. The van der Waals surface area contributed by atoms with E-state index in [1.54, 1.807) is 0 Å². The SMILES string of the molecule is CCCN1CC(C#N)(NC(C)(C)C)CC1C(=O)OC. The molecule has 108 valence electrons. The molecule has 1 saturated heterocycles. The minimum Gasteiger partial charge on any atom is -0.468 e. The summed E-state index contributed by atoms with van der Waals surface area (Å²) in [7, 11) is 1.40. The maximum atomic E-state index is 11.9. The summed E-state index contributed by atoms with van der Waals surface area (Å²) >= 11 is 0. The number of likely N-dealkylation sites (tertiary alicyclic amines) is 1. The van der Waals surface area contributed by atoms with Gasteiger partial charge < -0.3 is 4.74 Å². The van der Waals surface area contributed by atoms with E-state index in [1.165, 1.54) is 7.11 Å². The fraction of sp³-hybridized carbons (Fsp3) is 0.857. The van der Waals surface area contributed by atoms with Crippen molar-refractivity contribution in [1.82, 2.24) is 10.2 Å². The Hall–Kier alpha value is -1.12. The zero-order valence-corrected chi connectivity index (χ0v) is 12.6. The second kappa shape index (κ2) is 5.89. The molecule has 2 unspecified atom stereocenters. The molecule has 0 amide bonds. The fourth-order valence-corrected chi connectivity index (χ4v) is 2.79. The number of nitrogens with zero attached hydrogens (tertiary/aromatic N) is 2. The topological polar surface area (TPSA) is 65.4 Å². The molecule has 0 aromatic heterocycles. The largest absolute Gasteiger partial charge is 0.468 e. The monoisotopic (exact) mass is 267 g/mol. The summed E-state index contributed by atoms with van der Waals surface area (Å²) in [5.41, 5.74) is -0.842. The molecule has 1 aliphatic heterocycles. The molecule has 5 heteroatoms. The first-order valence-electron chi connectivity index (χ1n) is 6.79. The van der Waals surface area contributed by atoms with Gasteiger partial charge >= 0.3 is 5.97 Å². The number of nitriles is 1. The second-order valence-corrected chi connectivity index (χ2v) is 6.28. The Morgan fingerprint density at radius 3 is 2.63 bits per heavy atom. The van der Waals surface area contributed by atoms with Crippen molar-refractivity contribution in [1.29, 1.82) is 5.26 Å². The van der Waals surface area contributed by atoms with E-state index in [0.717, 1.165) is 13.0 Å². The Balaban J connectivity index is 2.93. The number of nitrogens with one attached hydrogen (secondary N) is 1. The van der Waals surface area contributed by atoms with Crippen LogP contribution >= 0.6 is 0 Å². The zero-order valence-electron chi connectivity index (χ0n) is 12.6. The standard InChI is InChI=1S/C14H25N3O2/c1-6-7-17-10-14(9-15,16-13(2,3)4)8-11(17)12(18)19-5/h11,16H,6-8,10H2,1-5H3. The van der Waals surface area contributed by atoms with Gasteiger partial charge in [0.15, 0.2) is 0 Å². The Morgan fingerprint density at radius 2 is 2.21 bits per heavy atom. The fourth-order valence-electron chi connectivity index (χ4n) is 2.79. The highest BCUT2D eigenvalue weighted by atomic mass is 16.5. The van der Waals surface area contributed by atoms with Gasteiger partial charge in [-0.25, -0.2) is 0 Å². The molecular weight excluding hydrogens is 242 g/mol. The first-order chi connectivity index (χ1) is 8.77. The van der Waals surface area contributed by atoms with Crippen LogP contribution in [0.2, 0.25) is 0 Å². The lowest BCUT2D eigenvalue weighted by Gasteiger charge is -2.32. The van der Waals surface area contributed by atoms with Gasteiger partial charge in [0, 0.05) is 18.5 Å². The van der Waals surface area contributed by atoms with Crippen molar-refractivity contribution in [2.75, 3.05) is 20.2 Å². The van der Waals surface area contributed by atoms with Crippen molar-refractivity contribution >= 4 is 5.97 Å². The molecule has 2 atom stereocenters. The molecule has 0 spiro atoms. The Morgan fingerprint density at radius 1 is 1.58 bits per heavy atom. The van der Waals surface area contributed by atoms with E-state index < -0.39 is 5.54 Å². The summed E-state index contributed by atoms with van der Waals surface area (Å²) in [6.07, 6.45) is 1.43. The van der Waals surface area contributed by atoms with Gasteiger partial charge in [-0.2, -0.15) is 5.26 Å². The lowest BCUT2D eigenvalue weighted by Crippen LogP contribution is -2.54. The van der Waals surface area contributed by atoms with E-state index in [-0.39, 0.29) is 17.6 Å². The lowest BCUT2D eigenvalue weighted by atomic mass is 9.93. The third-order valence-electron chi connectivity index (χ3n) is 3.27. The van der Waals surface area contributed by atoms with E-state index in [4.69, 9.17) is 4.74 Å². The normalized spacial score (nSPS) is 28.1. The first-order valence-corrected chi connectivity index (χ1v) is 6.79. The highest BCUT2D eigenvalue weighted by Crippen LogP contribution is 2.29. The number of hydrogen-bond donors (Lipinski definition) is 1. The van der Waals surface area contributed by atoms with Gasteiger partial charge in [0.25, 0.3) is 0 Å². The van der Waals surface area contributed by atoms with Crippen LogP contribution in [0.4, 0.5) is 0 Å². The molecule has 1 N–H and O–H groups in total.